The highest BCUT2D eigenvalue weighted by Crippen LogP contribution is 2.67. The number of hydrogen-bond donors (Lipinski definition) is 5. The fourth-order valence-electron chi connectivity index (χ4n) is 11.5. The minimum atomic E-state index is -1.50. The summed E-state index contributed by atoms with van der Waals surface area (Å²) in [6.07, 6.45) is 11.9. The van der Waals surface area contributed by atoms with Crippen molar-refractivity contribution in [2.24, 2.45) is 46.3 Å². The first-order valence-corrected chi connectivity index (χ1v) is 20.8. The number of fused-ring (bicyclic) bond motifs is 5. The molecule has 0 aromatic rings. The molecule has 1 saturated heterocycles. The van der Waals surface area contributed by atoms with Gasteiger partial charge in [0.1, 0.15) is 30.0 Å². The van der Waals surface area contributed by atoms with Crippen molar-refractivity contribution >= 4 is 6.09 Å². The minimum absolute atomic E-state index is 0.0826. The molecule has 4 aliphatic carbocycles. The van der Waals surface area contributed by atoms with E-state index in [0.29, 0.717) is 31.2 Å². The number of amides is 1. The number of carbonyl (C=O) groups excluding carboxylic acids is 1. The summed E-state index contributed by atoms with van der Waals surface area (Å²) in [7, 11) is 1.62. The SMILES string of the molecule is COC(CCCNC(=O)OC1CC[C@@]2(C)C(=CCC3C4CCC(C(C)CCCC(C)C)[C@@]4(C)CCC32)C1)CCOC1OC(C)(CO)[C@@H](O)C(O)C1O. The van der Waals surface area contributed by atoms with Gasteiger partial charge in [0.25, 0.3) is 0 Å². The summed E-state index contributed by atoms with van der Waals surface area (Å²) in [4.78, 5) is 12.8. The van der Waals surface area contributed by atoms with Gasteiger partial charge in [0.05, 0.1) is 19.3 Å². The zero-order valence-electron chi connectivity index (χ0n) is 33.4. The second kappa shape index (κ2) is 17.7. The maximum Gasteiger partial charge on any atom is 0.407 e. The van der Waals surface area contributed by atoms with Gasteiger partial charge in [-0.1, -0.05) is 65.5 Å². The Morgan fingerprint density at radius 2 is 1.73 bits per heavy atom. The van der Waals surface area contributed by atoms with Crippen molar-refractivity contribution in [1.82, 2.24) is 5.32 Å². The Morgan fingerprint density at radius 1 is 0.962 bits per heavy atom. The van der Waals surface area contributed by atoms with Crippen LogP contribution >= 0.6 is 0 Å². The Morgan fingerprint density at radius 3 is 2.44 bits per heavy atom. The molecule has 0 spiro atoms. The van der Waals surface area contributed by atoms with Gasteiger partial charge in [0.15, 0.2) is 6.29 Å². The van der Waals surface area contributed by atoms with E-state index in [9.17, 15) is 25.2 Å². The first kappa shape index (κ1) is 41.9. The van der Waals surface area contributed by atoms with Crippen LogP contribution in [0.15, 0.2) is 11.6 Å². The van der Waals surface area contributed by atoms with Crippen LogP contribution in [0.2, 0.25) is 0 Å². The van der Waals surface area contributed by atoms with Crippen LogP contribution in [0.25, 0.3) is 0 Å². The Bertz CT molecular complexity index is 1200. The molecule has 1 amide bonds. The number of carbonyl (C=O) groups is 1. The highest BCUT2D eigenvalue weighted by atomic mass is 16.7. The number of methoxy groups -OCH3 is 1. The topological polar surface area (TPSA) is 147 Å². The molecule has 11 unspecified atom stereocenters. The van der Waals surface area contributed by atoms with E-state index >= 15 is 0 Å². The molecule has 1 aliphatic heterocycles. The number of allylic oxidation sites excluding steroid dienone is 1. The van der Waals surface area contributed by atoms with E-state index in [-0.39, 0.29) is 30.3 Å². The molecular formula is C42H73NO9. The average Bonchev–Trinajstić information content (AvgIpc) is 3.47. The second-order valence-electron chi connectivity index (χ2n) is 18.5. The predicted octanol–water partition coefficient (Wildman–Crippen LogP) is 6.51. The molecular weight excluding hydrogens is 662 g/mol. The number of nitrogens with one attached hydrogen (secondary N) is 1. The fourth-order valence-corrected chi connectivity index (χ4v) is 11.5. The molecule has 5 rings (SSSR count). The maximum absolute atomic E-state index is 12.8. The van der Waals surface area contributed by atoms with Gasteiger partial charge in [-0.05, 0) is 117 Å². The average molecular weight is 736 g/mol. The lowest BCUT2D eigenvalue weighted by molar-refractivity contribution is -0.333. The third-order valence-corrected chi connectivity index (χ3v) is 14.8. The van der Waals surface area contributed by atoms with E-state index in [1.807, 2.05) is 0 Å². The number of rotatable bonds is 16. The number of ether oxygens (including phenoxy) is 4. The quantitative estimate of drug-likeness (QED) is 0.0884. The van der Waals surface area contributed by atoms with Crippen LogP contribution in [-0.4, -0.2) is 95.8 Å². The van der Waals surface area contributed by atoms with Crippen LogP contribution in [0.3, 0.4) is 0 Å². The van der Waals surface area contributed by atoms with Gasteiger partial charge in [-0.15, -0.1) is 0 Å². The molecule has 3 saturated carbocycles. The number of alkyl carbamates (subject to hydrolysis) is 1. The van der Waals surface area contributed by atoms with Gasteiger partial charge in [0, 0.05) is 20.1 Å². The lowest BCUT2D eigenvalue weighted by Crippen LogP contribution is -2.65. The van der Waals surface area contributed by atoms with E-state index in [1.54, 1.807) is 7.11 Å². The lowest BCUT2D eigenvalue weighted by Gasteiger charge is -2.58. The van der Waals surface area contributed by atoms with Gasteiger partial charge in [0.2, 0.25) is 0 Å². The summed E-state index contributed by atoms with van der Waals surface area (Å²) in [6, 6.07) is 0. The van der Waals surface area contributed by atoms with Crippen molar-refractivity contribution < 1.29 is 44.2 Å². The number of hydrogen-bond acceptors (Lipinski definition) is 9. The maximum atomic E-state index is 12.8. The van der Waals surface area contributed by atoms with E-state index in [4.69, 9.17) is 18.9 Å². The summed E-state index contributed by atoms with van der Waals surface area (Å²) in [5.41, 5.74) is 0.797. The van der Waals surface area contributed by atoms with Crippen LogP contribution in [0.4, 0.5) is 4.79 Å². The van der Waals surface area contributed by atoms with Gasteiger partial charge in [-0.2, -0.15) is 0 Å². The van der Waals surface area contributed by atoms with Crippen molar-refractivity contribution in [1.29, 1.82) is 0 Å². The summed E-state index contributed by atoms with van der Waals surface area (Å²) in [5.74, 6) is 4.88. The molecule has 300 valence electrons. The highest BCUT2D eigenvalue weighted by Gasteiger charge is 2.59. The molecule has 5 aliphatic rings. The van der Waals surface area contributed by atoms with Crippen molar-refractivity contribution in [3.05, 3.63) is 11.6 Å². The molecule has 14 atom stereocenters. The molecule has 52 heavy (non-hydrogen) atoms. The molecule has 10 heteroatoms. The summed E-state index contributed by atoms with van der Waals surface area (Å²) < 4.78 is 22.8. The first-order valence-electron chi connectivity index (χ1n) is 20.8. The van der Waals surface area contributed by atoms with Gasteiger partial charge in [-0.25, -0.2) is 4.79 Å². The van der Waals surface area contributed by atoms with E-state index in [1.165, 1.54) is 63.9 Å². The molecule has 4 fully saturated rings. The van der Waals surface area contributed by atoms with Crippen molar-refractivity contribution in [2.45, 2.75) is 174 Å². The Kier molecular flexibility index (Phi) is 14.2. The van der Waals surface area contributed by atoms with Crippen LogP contribution < -0.4 is 5.32 Å². The molecule has 0 bridgehead atoms. The van der Waals surface area contributed by atoms with E-state index in [2.05, 4.69) is 46.0 Å². The zero-order chi connectivity index (χ0) is 37.8. The molecule has 5 N–H and O–H groups in total. The molecule has 10 nitrogen and oxygen atoms in total. The smallest absolute Gasteiger partial charge is 0.407 e. The highest BCUT2D eigenvalue weighted by molar-refractivity contribution is 5.67. The standard InChI is InChI=1S/C42H73NO9/c1-26(2)10-8-11-27(3)32-15-16-33-31-14-13-28-24-30(17-20-40(28,4)34(31)18-21-41(32,33)5)51-39(48)43-22-9-12-29(49-7)19-23-50-38-36(46)35(45)37(47)42(6,25-44)52-38/h13,26-27,29-38,44-47H,8-12,14-25H2,1-7H3,(H,43,48)/t27?,29?,30?,31?,32?,33?,34?,35?,36?,37-,38?,40-,41+,42?/m0/s1. The van der Waals surface area contributed by atoms with E-state index < -0.39 is 36.8 Å². The van der Waals surface area contributed by atoms with Crippen LogP contribution in [0, 0.1) is 46.3 Å². The van der Waals surface area contributed by atoms with Crippen molar-refractivity contribution in [3.8, 4) is 0 Å². The van der Waals surface area contributed by atoms with Gasteiger partial charge in [-0.3, -0.25) is 0 Å². The van der Waals surface area contributed by atoms with Crippen LogP contribution in [-0.2, 0) is 18.9 Å². The monoisotopic (exact) mass is 736 g/mol. The van der Waals surface area contributed by atoms with Crippen LogP contribution in [0.1, 0.15) is 131 Å². The van der Waals surface area contributed by atoms with Gasteiger partial charge < -0.3 is 44.7 Å². The van der Waals surface area contributed by atoms with Crippen molar-refractivity contribution in [3.63, 3.8) is 0 Å². The third-order valence-electron chi connectivity index (χ3n) is 14.8. The number of aliphatic hydroxyl groups excluding tert-OH is 4. The normalized spacial score (nSPS) is 41.4. The number of aliphatic hydroxyl groups is 4. The fraction of sp³-hybridized carbons (Fsp3) is 0.929. The van der Waals surface area contributed by atoms with E-state index in [0.717, 1.165) is 54.8 Å². The lowest BCUT2D eigenvalue weighted by atomic mass is 9.47. The third kappa shape index (κ3) is 8.89. The Labute approximate surface area is 313 Å². The van der Waals surface area contributed by atoms with Crippen LogP contribution in [0.5, 0.6) is 0 Å². The summed E-state index contributed by atoms with van der Waals surface area (Å²) in [6.45, 7) is 14.0. The molecule has 0 aromatic heterocycles. The largest absolute Gasteiger partial charge is 0.446 e. The van der Waals surface area contributed by atoms with Crippen molar-refractivity contribution in [2.75, 3.05) is 26.9 Å². The molecule has 0 aromatic carbocycles. The molecule has 1 heterocycles. The zero-order valence-corrected chi connectivity index (χ0v) is 33.4. The Balaban J connectivity index is 1.03. The molecule has 0 radical (unpaired) electrons. The minimum Gasteiger partial charge on any atom is -0.446 e. The summed E-state index contributed by atoms with van der Waals surface area (Å²) >= 11 is 0. The second-order valence-corrected chi connectivity index (χ2v) is 18.5. The van der Waals surface area contributed by atoms with Gasteiger partial charge >= 0.3 is 6.09 Å². The Hall–Kier alpha value is -1.27. The predicted molar refractivity (Wildman–Crippen MR) is 200 cm³/mol. The summed E-state index contributed by atoms with van der Waals surface area (Å²) in [5, 5.41) is 43.2. The first-order chi connectivity index (χ1) is 24.7.